The average molecular weight is 370 g/mol. The van der Waals surface area contributed by atoms with E-state index in [0.717, 1.165) is 17.7 Å². The van der Waals surface area contributed by atoms with E-state index >= 15 is 0 Å². The lowest BCUT2D eigenvalue weighted by atomic mass is 10.1. The highest BCUT2D eigenvalue weighted by Crippen LogP contribution is 2.34. The Morgan fingerprint density at radius 2 is 2.08 bits per heavy atom. The number of carbonyl (C=O) groups excluding carboxylic acids is 1. The molecule has 0 bridgehead atoms. The molecule has 0 N–H and O–H groups in total. The molecule has 2 aromatic rings. The molecular formula is C19H19N3OS2. The molecule has 2 heterocycles. The molecule has 0 saturated carbocycles. The maximum atomic E-state index is 12.7. The second-order valence-electron chi connectivity index (χ2n) is 5.58. The van der Waals surface area contributed by atoms with Crippen LogP contribution in [0.4, 0.5) is 5.13 Å². The van der Waals surface area contributed by atoms with Crippen LogP contribution in [0, 0.1) is 6.92 Å². The van der Waals surface area contributed by atoms with E-state index in [1.54, 1.807) is 11.0 Å². The van der Waals surface area contributed by atoms with Gasteiger partial charge in [0.15, 0.2) is 5.17 Å². The zero-order valence-electron chi connectivity index (χ0n) is 14.2. The summed E-state index contributed by atoms with van der Waals surface area (Å²) in [6.07, 6.45) is 4.62. The summed E-state index contributed by atoms with van der Waals surface area (Å²) >= 11 is 2.85. The number of aliphatic imine (C=N–C) groups is 1. The van der Waals surface area contributed by atoms with Gasteiger partial charge in [0, 0.05) is 11.9 Å². The third-order valence-corrected chi connectivity index (χ3v) is 5.54. The van der Waals surface area contributed by atoms with Gasteiger partial charge in [0.05, 0.1) is 10.6 Å². The Morgan fingerprint density at radius 1 is 1.32 bits per heavy atom. The highest BCUT2D eigenvalue weighted by molar-refractivity contribution is 8.18. The van der Waals surface area contributed by atoms with Crippen molar-refractivity contribution in [1.82, 2.24) is 9.88 Å². The summed E-state index contributed by atoms with van der Waals surface area (Å²) in [6.45, 7) is 8.23. The van der Waals surface area contributed by atoms with Crippen molar-refractivity contribution in [2.45, 2.75) is 20.3 Å². The van der Waals surface area contributed by atoms with Crippen molar-refractivity contribution in [3.8, 4) is 0 Å². The van der Waals surface area contributed by atoms with E-state index < -0.39 is 0 Å². The molecule has 1 aliphatic rings. The van der Waals surface area contributed by atoms with E-state index in [2.05, 4.69) is 35.6 Å². The Hall–Kier alpha value is -2.18. The number of carbonyl (C=O) groups is 1. The van der Waals surface area contributed by atoms with Gasteiger partial charge in [-0.25, -0.2) is 4.98 Å². The van der Waals surface area contributed by atoms with Gasteiger partial charge in [-0.1, -0.05) is 37.3 Å². The van der Waals surface area contributed by atoms with Gasteiger partial charge in [0.2, 0.25) is 5.13 Å². The number of benzene rings is 1. The van der Waals surface area contributed by atoms with Crippen molar-refractivity contribution in [3.05, 3.63) is 64.0 Å². The first-order valence-electron chi connectivity index (χ1n) is 8.02. The molecule has 1 amide bonds. The summed E-state index contributed by atoms with van der Waals surface area (Å²) in [7, 11) is 0. The van der Waals surface area contributed by atoms with Crippen molar-refractivity contribution in [3.63, 3.8) is 0 Å². The summed E-state index contributed by atoms with van der Waals surface area (Å²) in [4.78, 5) is 23.9. The summed E-state index contributed by atoms with van der Waals surface area (Å²) in [6, 6.07) is 8.25. The largest absolute Gasteiger partial charge is 0.282 e. The fourth-order valence-corrected chi connectivity index (χ4v) is 4.07. The summed E-state index contributed by atoms with van der Waals surface area (Å²) in [5, 5.41) is 3.26. The molecule has 1 aromatic heterocycles. The fraction of sp³-hybridized carbons (Fsp3) is 0.211. The predicted octanol–water partition coefficient (Wildman–Crippen LogP) is 4.80. The van der Waals surface area contributed by atoms with Gasteiger partial charge in [-0.15, -0.1) is 17.9 Å². The van der Waals surface area contributed by atoms with Gasteiger partial charge < -0.3 is 0 Å². The molecule has 1 aromatic carbocycles. The lowest BCUT2D eigenvalue weighted by Gasteiger charge is -2.11. The highest BCUT2D eigenvalue weighted by Gasteiger charge is 2.32. The number of amidine groups is 1. The number of hydrogen-bond acceptors (Lipinski definition) is 5. The van der Waals surface area contributed by atoms with Crippen LogP contribution in [0.3, 0.4) is 0 Å². The lowest BCUT2D eigenvalue weighted by Crippen LogP contribution is -2.29. The number of rotatable bonds is 5. The van der Waals surface area contributed by atoms with E-state index in [9.17, 15) is 4.79 Å². The minimum Gasteiger partial charge on any atom is -0.282 e. The molecule has 0 spiro atoms. The monoisotopic (exact) mass is 369 g/mol. The van der Waals surface area contributed by atoms with Crippen LogP contribution in [0.15, 0.2) is 52.2 Å². The van der Waals surface area contributed by atoms with Crippen LogP contribution in [0.1, 0.15) is 23.7 Å². The molecule has 0 unspecified atom stereocenters. The Kier molecular flexibility index (Phi) is 5.50. The molecule has 1 saturated heterocycles. The predicted molar refractivity (Wildman–Crippen MR) is 107 cm³/mol. The average Bonchev–Trinajstić information content (AvgIpc) is 3.14. The zero-order chi connectivity index (χ0) is 17.8. The van der Waals surface area contributed by atoms with E-state index in [-0.39, 0.29) is 5.91 Å². The highest BCUT2D eigenvalue weighted by atomic mass is 32.2. The van der Waals surface area contributed by atoms with Crippen molar-refractivity contribution in [1.29, 1.82) is 0 Å². The molecule has 1 fully saturated rings. The standard InChI is InChI=1S/C19H19N3OS2/c1-4-10-22-17(23)16(11-15-8-6-14(5-2)7-9-15)25-19(22)21-18-20-13(3)12-24-18/h4,6-9,11-12H,1,5,10H2,2-3H3/b16-11-,21-19+. The van der Waals surface area contributed by atoms with Crippen molar-refractivity contribution in [2.75, 3.05) is 6.54 Å². The summed E-state index contributed by atoms with van der Waals surface area (Å²) in [5.74, 6) is -0.0449. The molecular weight excluding hydrogens is 350 g/mol. The van der Waals surface area contributed by atoms with Gasteiger partial charge in [-0.2, -0.15) is 4.99 Å². The molecule has 0 aliphatic carbocycles. The van der Waals surface area contributed by atoms with Crippen LogP contribution in [-0.4, -0.2) is 27.5 Å². The molecule has 0 atom stereocenters. The number of hydrogen-bond donors (Lipinski definition) is 0. The molecule has 128 valence electrons. The molecule has 6 heteroatoms. The van der Waals surface area contributed by atoms with E-state index in [1.807, 2.05) is 30.5 Å². The number of amides is 1. The van der Waals surface area contributed by atoms with E-state index in [4.69, 9.17) is 0 Å². The first-order valence-corrected chi connectivity index (χ1v) is 9.72. The van der Waals surface area contributed by atoms with Crippen LogP contribution in [0.2, 0.25) is 0 Å². The molecule has 25 heavy (non-hydrogen) atoms. The third kappa shape index (κ3) is 4.08. The lowest BCUT2D eigenvalue weighted by molar-refractivity contribution is -0.121. The Bertz CT molecular complexity index is 850. The summed E-state index contributed by atoms with van der Waals surface area (Å²) < 4.78 is 0. The topological polar surface area (TPSA) is 45.6 Å². The minimum absolute atomic E-state index is 0.0449. The van der Waals surface area contributed by atoms with Crippen LogP contribution in [0.25, 0.3) is 6.08 Å². The van der Waals surface area contributed by atoms with Crippen molar-refractivity contribution in [2.24, 2.45) is 4.99 Å². The van der Waals surface area contributed by atoms with Crippen molar-refractivity contribution >= 4 is 45.4 Å². The van der Waals surface area contributed by atoms with E-state index in [1.165, 1.54) is 28.7 Å². The quantitative estimate of drug-likeness (QED) is 0.561. The zero-order valence-corrected chi connectivity index (χ0v) is 15.9. The van der Waals surface area contributed by atoms with E-state index in [0.29, 0.717) is 21.7 Å². The minimum atomic E-state index is -0.0449. The smallest absolute Gasteiger partial charge is 0.267 e. The molecule has 3 rings (SSSR count). The molecule has 4 nitrogen and oxygen atoms in total. The number of thioether (sulfide) groups is 1. The van der Waals surface area contributed by atoms with Gasteiger partial charge in [-0.05, 0) is 42.3 Å². The molecule has 1 aliphatic heterocycles. The van der Waals surface area contributed by atoms with Crippen LogP contribution in [-0.2, 0) is 11.2 Å². The first-order chi connectivity index (χ1) is 12.1. The number of aromatic nitrogens is 1. The Morgan fingerprint density at radius 3 is 2.68 bits per heavy atom. The van der Waals surface area contributed by atoms with Crippen LogP contribution < -0.4 is 0 Å². The van der Waals surface area contributed by atoms with Crippen molar-refractivity contribution < 1.29 is 4.79 Å². The third-order valence-electron chi connectivity index (χ3n) is 3.68. The fourth-order valence-electron chi connectivity index (χ4n) is 2.36. The number of nitrogens with zero attached hydrogens (tertiary/aromatic N) is 3. The normalized spacial score (nSPS) is 17.7. The second-order valence-corrected chi connectivity index (χ2v) is 7.42. The van der Waals surface area contributed by atoms with Crippen LogP contribution in [0.5, 0.6) is 0 Å². The Labute approximate surface area is 156 Å². The maximum absolute atomic E-state index is 12.7. The van der Waals surface area contributed by atoms with Gasteiger partial charge in [0.25, 0.3) is 5.91 Å². The summed E-state index contributed by atoms with van der Waals surface area (Å²) in [5.41, 5.74) is 3.22. The van der Waals surface area contributed by atoms with Gasteiger partial charge >= 0.3 is 0 Å². The maximum Gasteiger partial charge on any atom is 0.267 e. The SMILES string of the molecule is C=CCN1C(=O)/C(=C/c2ccc(CC)cc2)S/C1=N/c1nc(C)cs1. The van der Waals surface area contributed by atoms with Gasteiger partial charge in [0.1, 0.15) is 0 Å². The van der Waals surface area contributed by atoms with Gasteiger partial charge in [-0.3, -0.25) is 9.69 Å². The Balaban J connectivity index is 1.90. The second kappa shape index (κ2) is 7.80. The molecule has 0 radical (unpaired) electrons. The number of aryl methyl sites for hydroxylation is 2. The number of thiazole rings is 1. The van der Waals surface area contributed by atoms with Crippen LogP contribution >= 0.6 is 23.1 Å². The first kappa shape index (κ1) is 17.6.